The van der Waals surface area contributed by atoms with Gasteiger partial charge < -0.3 is 0 Å². The van der Waals surface area contributed by atoms with Crippen LogP contribution in [0.3, 0.4) is 0 Å². The van der Waals surface area contributed by atoms with E-state index in [1.54, 1.807) is 31.2 Å². The van der Waals surface area contributed by atoms with E-state index in [4.69, 9.17) is 10.7 Å². The van der Waals surface area contributed by atoms with Crippen LogP contribution in [0.25, 0.3) is 0 Å². The van der Waals surface area contributed by atoms with E-state index in [1.807, 2.05) is 6.07 Å². The highest BCUT2D eigenvalue weighted by Gasteiger charge is 2.50. The quantitative estimate of drug-likeness (QED) is 0.600. The molecule has 16 heavy (non-hydrogen) atoms. The fourth-order valence-corrected chi connectivity index (χ4v) is 3.33. The van der Waals surface area contributed by atoms with Crippen LogP contribution >= 0.6 is 10.7 Å². The number of rotatable bonds is 2. The Hall–Kier alpha value is -1.07. The molecule has 6 heteroatoms. The van der Waals surface area contributed by atoms with Crippen molar-refractivity contribution in [1.29, 1.82) is 0 Å². The molecule has 1 heterocycles. The topological polar surface area (TPSA) is 54.5 Å². The van der Waals surface area contributed by atoms with E-state index < -0.39 is 21.2 Å². The second-order valence-corrected chi connectivity index (χ2v) is 6.11. The van der Waals surface area contributed by atoms with Gasteiger partial charge in [0.05, 0.1) is 12.0 Å². The fourth-order valence-electron chi connectivity index (χ4n) is 1.91. The predicted molar refractivity (Wildman–Crippen MR) is 60.0 cm³/mol. The van der Waals surface area contributed by atoms with Crippen molar-refractivity contribution >= 4 is 25.8 Å². The minimum Gasteiger partial charge on any atom is -0.273 e. The molecule has 0 bridgehead atoms. The van der Waals surface area contributed by atoms with Crippen molar-refractivity contribution in [2.75, 3.05) is 0 Å². The van der Waals surface area contributed by atoms with Crippen molar-refractivity contribution in [2.45, 2.75) is 13.0 Å². The van der Waals surface area contributed by atoms with Crippen LogP contribution in [0.5, 0.6) is 0 Å². The number of benzene rings is 1. The highest BCUT2D eigenvalue weighted by Crippen LogP contribution is 2.42. The zero-order chi connectivity index (χ0) is 11.9. The minimum absolute atomic E-state index is 0.351. The van der Waals surface area contributed by atoms with Crippen molar-refractivity contribution in [3.8, 4) is 0 Å². The largest absolute Gasteiger partial charge is 0.324 e. The summed E-state index contributed by atoms with van der Waals surface area (Å²) >= 11 is 0. The number of halogens is 1. The van der Waals surface area contributed by atoms with E-state index in [1.165, 1.54) is 0 Å². The van der Waals surface area contributed by atoms with E-state index in [0.717, 1.165) is 9.87 Å². The number of hydrogen-bond donors (Lipinski definition) is 0. The Morgan fingerprint density at radius 1 is 1.25 bits per heavy atom. The molecule has 1 aromatic carbocycles. The van der Waals surface area contributed by atoms with Gasteiger partial charge in [-0.15, -0.1) is 0 Å². The summed E-state index contributed by atoms with van der Waals surface area (Å²) in [7, 11) is 1.23. The molecule has 2 unspecified atom stereocenters. The molecule has 1 aliphatic rings. The Bertz CT molecular complexity index is 514. The smallest absolute Gasteiger partial charge is 0.273 e. The van der Waals surface area contributed by atoms with Crippen LogP contribution in [0.4, 0.5) is 0 Å². The number of carbonyl (C=O) groups excluding carboxylic acids is 1. The molecule has 0 radical (unpaired) electrons. The van der Waals surface area contributed by atoms with Gasteiger partial charge in [-0.2, -0.15) is 8.42 Å². The summed E-state index contributed by atoms with van der Waals surface area (Å²) in [5.74, 6) is -0.806. The summed E-state index contributed by atoms with van der Waals surface area (Å²) in [4.78, 5) is 11.5. The average molecular weight is 260 g/mol. The molecule has 0 spiro atoms. The SMILES string of the molecule is CC1C(=O)N(S(=O)(=O)Cl)C1c1ccccc1. The Kier molecular flexibility index (Phi) is 2.67. The van der Waals surface area contributed by atoms with Crippen molar-refractivity contribution in [1.82, 2.24) is 4.31 Å². The number of amides is 1. The van der Waals surface area contributed by atoms with Gasteiger partial charge in [0.1, 0.15) is 0 Å². The number of β-lactam (4-membered cyclic amide) rings is 1. The first-order valence-corrected chi connectivity index (χ1v) is 7.02. The van der Waals surface area contributed by atoms with E-state index in [9.17, 15) is 13.2 Å². The molecule has 0 saturated carbocycles. The van der Waals surface area contributed by atoms with Gasteiger partial charge in [-0.05, 0) is 5.56 Å². The second-order valence-electron chi connectivity index (χ2n) is 3.72. The monoisotopic (exact) mass is 259 g/mol. The van der Waals surface area contributed by atoms with Gasteiger partial charge in [0, 0.05) is 10.7 Å². The molecule has 4 nitrogen and oxygen atoms in total. The van der Waals surface area contributed by atoms with Crippen LogP contribution in [-0.4, -0.2) is 18.6 Å². The lowest BCUT2D eigenvalue weighted by molar-refractivity contribution is -0.145. The van der Waals surface area contributed by atoms with Crippen LogP contribution in [0, 0.1) is 5.92 Å². The maximum Gasteiger partial charge on any atom is 0.324 e. The Morgan fingerprint density at radius 2 is 1.81 bits per heavy atom. The third-order valence-corrected chi connectivity index (χ3v) is 4.03. The van der Waals surface area contributed by atoms with Crippen LogP contribution in [0.15, 0.2) is 30.3 Å². The molecule has 1 saturated heterocycles. The summed E-state index contributed by atoms with van der Waals surface area (Å²) in [6, 6.07) is 8.50. The molecule has 1 fully saturated rings. The third-order valence-electron chi connectivity index (χ3n) is 2.71. The molecule has 1 aromatic rings. The van der Waals surface area contributed by atoms with Gasteiger partial charge in [0.2, 0.25) is 5.91 Å². The van der Waals surface area contributed by atoms with Gasteiger partial charge in [-0.1, -0.05) is 37.3 Å². The standard InChI is InChI=1S/C10H10ClNO3S/c1-7-9(8-5-3-2-4-6-8)12(10(7)13)16(11,14)15/h2-7,9H,1H3. The first-order valence-electron chi connectivity index (χ1n) is 4.75. The van der Waals surface area contributed by atoms with Gasteiger partial charge >= 0.3 is 9.24 Å². The lowest BCUT2D eigenvalue weighted by atomic mass is 9.87. The molecule has 2 rings (SSSR count). The molecular formula is C10H10ClNO3S. The Balaban J connectivity index is 2.39. The summed E-state index contributed by atoms with van der Waals surface area (Å²) in [5, 5.41) is 0. The summed E-state index contributed by atoms with van der Waals surface area (Å²) in [5.41, 5.74) is 0.777. The molecular weight excluding hydrogens is 250 g/mol. The highest BCUT2D eigenvalue weighted by atomic mass is 35.7. The maximum atomic E-state index is 11.5. The Morgan fingerprint density at radius 3 is 2.31 bits per heavy atom. The van der Waals surface area contributed by atoms with Gasteiger partial charge in [-0.3, -0.25) is 4.79 Å². The summed E-state index contributed by atoms with van der Waals surface area (Å²) < 4.78 is 23.2. The molecule has 1 amide bonds. The zero-order valence-electron chi connectivity index (χ0n) is 8.50. The Labute approximate surface area is 98.4 Å². The molecule has 0 N–H and O–H groups in total. The molecule has 86 valence electrons. The number of hydrogen-bond acceptors (Lipinski definition) is 3. The first-order chi connectivity index (χ1) is 7.43. The van der Waals surface area contributed by atoms with Crippen molar-refractivity contribution < 1.29 is 13.2 Å². The highest BCUT2D eigenvalue weighted by molar-refractivity contribution is 8.12. The molecule has 0 aromatic heterocycles. The maximum absolute atomic E-state index is 11.5. The third kappa shape index (κ3) is 1.70. The van der Waals surface area contributed by atoms with E-state index in [-0.39, 0.29) is 5.92 Å². The zero-order valence-corrected chi connectivity index (χ0v) is 10.1. The minimum atomic E-state index is -3.99. The number of carbonyl (C=O) groups is 1. The van der Waals surface area contributed by atoms with Crippen LogP contribution in [0.1, 0.15) is 18.5 Å². The lowest BCUT2D eigenvalue weighted by Gasteiger charge is -2.42. The summed E-state index contributed by atoms with van der Waals surface area (Å²) in [6.45, 7) is 1.69. The van der Waals surface area contributed by atoms with Gasteiger partial charge in [-0.25, -0.2) is 4.31 Å². The van der Waals surface area contributed by atoms with E-state index >= 15 is 0 Å². The molecule has 2 atom stereocenters. The van der Waals surface area contributed by atoms with E-state index in [2.05, 4.69) is 0 Å². The van der Waals surface area contributed by atoms with Crippen molar-refractivity contribution in [2.24, 2.45) is 5.92 Å². The predicted octanol–water partition coefficient (Wildman–Crippen LogP) is 1.69. The second kappa shape index (κ2) is 3.75. The normalized spacial score (nSPS) is 25.4. The van der Waals surface area contributed by atoms with Crippen LogP contribution in [-0.2, 0) is 14.0 Å². The van der Waals surface area contributed by atoms with Crippen LogP contribution in [0.2, 0.25) is 0 Å². The average Bonchev–Trinajstić information content (AvgIpc) is 2.23. The van der Waals surface area contributed by atoms with Gasteiger partial charge in [0.25, 0.3) is 0 Å². The fraction of sp³-hybridized carbons (Fsp3) is 0.300. The molecule has 0 aliphatic carbocycles. The lowest BCUT2D eigenvalue weighted by Crippen LogP contribution is -2.54. The first kappa shape index (κ1) is 11.4. The van der Waals surface area contributed by atoms with Crippen molar-refractivity contribution in [3.63, 3.8) is 0 Å². The van der Waals surface area contributed by atoms with Crippen molar-refractivity contribution in [3.05, 3.63) is 35.9 Å². The van der Waals surface area contributed by atoms with Crippen LogP contribution < -0.4 is 0 Å². The summed E-state index contributed by atoms with van der Waals surface area (Å²) in [6.07, 6.45) is 0. The molecule has 1 aliphatic heterocycles. The number of nitrogens with zero attached hydrogens (tertiary/aromatic N) is 1. The van der Waals surface area contributed by atoms with E-state index in [0.29, 0.717) is 0 Å². The van der Waals surface area contributed by atoms with Gasteiger partial charge in [0.15, 0.2) is 0 Å².